The molecule has 0 nitrogen and oxygen atoms in total. The molecule has 15 heavy (non-hydrogen) atoms. The molecule has 0 aliphatic carbocycles. The maximum Gasteiger partial charge on any atom is 0.00751 e. The molecule has 0 fully saturated rings. The van der Waals surface area contributed by atoms with Crippen LogP contribution in [-0.4, -0.2) is 10.5 Å². The normalized spacial score (nSPS) is 16.8. The molecule has 1 heteroatoms. The van der Waals surface area contributed by atoms with Crippen LogP contribution in [0.25, 0.3) is 0 Å². The van der Waals surface area contributed by atoms with E-state index in [1.165, 1.54) is 18.6 Å². The Balaban J connectivity index is 3.93. The van der Waals surface area contributed by atoms with Crippen molar-refractivity contribution >= 4 is 11.8 Å². The summed E-state index contributed by atoms with van der Waals surface area (Å²) >= 11 is 2.12. The maximum atomic E-state index is 2.40. The minimum atomic E-state index is 0.425. The fourth-order valence-electron chi connectivity index (χ4n) is 1.52. The standard InChI is InChI=1S/C14H30S/c1-8-13(9-12(4)11(2)3)10-15-14(5,6)7/h11-13H,8-10H2,1-7H3. The highest BCUT2D eigenvalue weighted by molar-refractivity contribution is 8.00. The van der Waals surface area contributed by atoms with Crippen LogP contribution in [0.3, 0.4) is 0 Å². The van der Waals surface area contributed by atoms with Gasteiger partial charge in [0.1, 0.15) is 0 Å². The van der Waals surface area contributed by atoms with Gasteiger partial charge in [0.2, 0.25) is 0 Å². The number of hydrogen-bond acceptors (Lipinski definition) is 1. The van der Waals surface area contributed by atoms with Gasteiger partial charge in [-0.2, -0.15) is 11.8 Å². The van der Waals surface area contributed by atoms with Crippen molar-refractivity contribution < 1.29 is 0 Å². The highest BCUT2D eigenvalue weighted by atomic mass is 32.2. The average molecular weight is 230 g/mol. The highest BCUT2D eigenvalue weighted by Gasteiger charge is 2.18. The molecule has 2 unspecified atom stereocenters. The molecule has 0 radical (unpaired) electrons. The zero-order valence-electron chi connectivity index (χ0n) is 11.8. The molecule has 0 spiro atoms. The SMILES string of the molecule is CCC(CSC(C)(C)C)CC(C)C(C)C. The molecule has 0 rings (SSSR count). The minimum absolute atomic E-state index is 0.425. The summed E-state index contributed by atoms with van der Waals surface area (Å²) in [4.78, 5) is 0. The van der Waals surface area contributed by atoms with E-state index in [1.807, 2.05) is 0 Å². The van der Waals surface area contributed by atoms with E-state index < -0.39 is 0 Å². The van der Waals surface area contributed by atoms with Crippen LogP contribution in [0.4, 0.5) is 0 Å². The second-order valence-electron chi connectivity index (χ2n) is 6.15. The van der Waals surface area contributed by atoms with Crippen molar-refractivity contribution in [2.24, 2.45) is 17.8 Å². The quantitative estimate of drug-likeness (QED) is 0.602. The largest absolute Gasteiger partial charge is 0.156 e. The van der Waals surface area contributed by atoms with Gasteiger partial charge in [0, 0.05) is 4.75 Å². The molecule has 0 bridgehead atoms. The minimum Gasteiger partial charge on any atom is -0.156 e. The first kappa shape index (κ1) is 15.3. The summed E-state index contributed by atoms with van der Waals surface area (Å²) in [6.45, 7) is 16.4. The Morgan fingerprint density at radius 2 is 1.60 bits per heavy atom. The van der Waals surface area contributed by atoms with Crippen molar-refractivity contribution in [3.8, 4) is 0 Å². The first-order chi connectivity index (χ1) is 6.76. The lowest BCUT2D eigenvalue weighted by Gasteiger charge is -2.25. The molecular weight excluding hydrogens is 200 g/mol. The van der Waals surface area contributed by atoms with Gasteiger partial charge in [-0.05, 0) is 29.9 Å². The van der Waals surface area contributed by atoms with Crippen LogP contribution in [0.5, 0.6) is 0 Å². The van der Waals surface area contributed by atoms with E-state index in [1.54, 1.807) is 0 Å². The van der Waals surface area contributed by atoms with Crippen molar-refractivity contribution in [3.05, 3.63) is 0 Å². The Kier molecular flexibility index (Phi) is 6.99. The topological polar surface area (TPSA) is 0 Å². The van der Waals surface area contributed by atoms with Gasteiger partial charge in [0.05, 0.1) is 0 Å². The Labute approximate surface area is 102 Å². The van der Waals surface area contributed by atoms with Gasteiger partial charge in [-0.15, -0.1) is 0 Å². The van der Waals surface area contributed by atoms with E-state index in [-0.39, 0.29) is 0 Å². The van der Waals surface area contributed by atoms with Crippen LogP contribution in [0.2, 0.25) is 0 Å². The fourth-order valence-corrected chi connectivity index (χ4v) is 2.63. The molecule has 0 saturated heterocycles. The summed E-state index contributed by atoms with van der Waals surface area (Å²) in [5.74, 6) is 3.94. The molecule has 92 valence electrons. The van der Waals surface area contributed by atoms with Crippen LogP contribution in [0.1, 0.15) is 61.3 Å². The molecular formula is C14H30S. The summed E-state index contributed by atoms with van der Waals surface area (Å²) in [5, 5.41) is 0. The summed E-state index contributed by atoms with van der Waals surface area (Å²) in [6.07, 6.45) is 2.73. The second-order valence-corrected chi connectivity index (χ2v) is 8.00. The lowest BCUT2D eigenvalue weighted by Crippen LogP contribution is -2.16. The number of hydrogen-bond donors (Lipinski definition) is 0. The smallest absolute Gasteiger partial charge is 0.00751 e. The van der Waals surface area contributed by atoms with Crippen molar-refractivity contribution in [2.75, 3.05) is 5.75 Å². The van der Waals surface area contributed by atoms with Crippen LogP contribution in [-0.2, 0) is 0 Å². The van der Waals surface area contributed by atoms with Gasteiger partial charge in [-0.25, -0.2) is 0 Å². The molecule has 0 aromatic carbocycles. The van der Waals surface area contributed by atoms with E-state index >= 15 is 0 Å². The Morgan fingerprint density at radius 1 is 1.07 bits per heavy atom. The Hall–Kier alpha value is 0.350. The van der Waals surface area contributed by atoms with Gasteiger partial charge < -0.3 is 0 Å². The van der Waals surface area contributed by atoms with Crippen molar-refractivity contribution in [2.45, 2.75) is 66.1 Å². The van der Waals surface area contributed by atoms with Gasteiger partial charge in [-0.3, -0.25) is 0 Å². The zero-order chi connectivity index (χ0) is 12.1. The van der Waals surface area contributed by atoms with Crippen LogP contribution in [0.15, 0.2) is 0 Å². The fraction of sp³-hybridized carbons (Fsp3) is 1.00. The van der Waals surface area contributed by atoms with Gasteiger partial charge in [0.25, 0.3) is 0 Å². The summed E-state index contributed by atoms with van der Waals surface area (Å²) in [7, 11) is 0. The lowest BCUT2D eigenvalue weighted by molar-refractivity contribution is 0.330. The van der Waals surface area contributed by atoms with E-state index in [0.29, 0.717) is 4.75 Å². The molecule has 0 aromatic rings. The number of thioether (sulfide) groups is 1. The molecule has 0 amide bonds. The monoisotopic (exact) mass is 230 g/mol. The lowest BCUT2D eigenvalue weighted by atomic mass is 9.87. The first-order valence-corrected chi connectivity index (χ1v) is 7.38. The highest BCUT2D eigenvalue weighted by Crippen LogP contribution is 2.30. The van der Waals surface area contributed by atoms with E-state index in [2.05, 4.69) is 60.2 Å². The number of rotatable bonds is 6. The molecule has 0 heterocycles. The third-order valence-electron chi connectivity index (χ3n) is 3.17. The third kappa shape index (κ3) is 8.19. The Morgan fingerprint density at radius 3 is 1.93 bits per heavy atom. The van der Waals surface area contributed by atoms with E-state index in [0.717, 1.165) is 17.8 Å². The predicted molar refractivity (Wildman–Crippen MR) is 74.6 cm³/mol. The summed E-state index contributed by atoms with van der Waals surface area (Å²) in [6, 6.07) is 0. The van der Waals surface area contributed by atoms with Crippen molar-refractivity contribution in [1.82, 2.24) is 0 Å². The second kappa shape index (κ2) is 6.83. The predicted octanol–water partition coefficient (Wildman–Crippen LogP) is 5.23. The molecule has 0 aromatic heterocycles. The van der Waals surface area contributed by atoms with Gasteiger partial charge >= 0.3 is 0 Å². The molecule has 0 aliphatic rings. The molecule has 2 atom stereocenters. The van der Waals surface area contributed by atoms with Crippen molar-refractivity contribution in [3.63, 3.8) is 0 Å². The summed E-state index contributed by atoms with van der Waals surface area (Å²) < 4.78 is 0.425. The summed E-state index contributed by atoms with van der Waals surface area (Å²) in [5.41, 5.74) is 0. The van der Waals surface area contributed by atoms with E-state index in [4.69, 9.17) is 0 Å². The van der Waals surface area contributed by atoms with Crippen LogP contribution in [0, 0.1) is 17.8 Å². The van der Waals surface area contributed by atoms with Gasteiger partial charge in [0.15, 0.2) is 0 Å². The maximum absolute atomic E-state index is 2.40. The average Bonchev–Trinajstić information content (AvgIpc) is 2.10. The third-order valence-corrected chi connectivity index (χ3v) is 4.68. The first-order valence-electron chi connectivity index (χ1n) is 6.40. The van der Waals surface area contributed by atoms with Crippen molar-refractivity contribution in [1.29, 1.82) is 0 Å². The Bertz CT molecular complexity index is 155. The molecule has 0 saturated carbocycles. The van der Waals surface area contributed by atoms with Crippen LogP contribution >= 0.6 is 11.8 Å². The van der Waals surface area contributed by atoms with E-state index in [9.17, 15) is 0 Å². The zero-order valence-corrected chi connectivity index (χ0v) is 12.6. The van der Waals surface area contributed by atoms with Gasteiger partial charge in [-0.1, -0.05) is 54.9 Å². The van der Waals surface area contributed by atoms with Crippen LogP contribution < -0.4 is 0 Å². The molecule has 0 aliphatic heterocycles. The molecule has 0 N–H and O–H groups in total.